The van der Waals surface area contributed by atoms with E-state index in [1.807, 2.05) is 60.7 Å². The minimum atomic E-state index is -0.400. The van der Waals surface area contributed by atoms with Crippen molar-refractivity contribution in [2.45, 2.75) is 0 Å². The van der Waals surface area contributed by atoms with E-state index in [1.165, 1.54) is 7.11 Å². The van der Waals surface area contributed by atoms with Crippen LogP contribution in [0.3, 0.4) is 0 Å². The largest absolute Gasteiger partial charge is 0.493 e. The Kier molecular flexibility index (Phi) is 4.79. The molecule has 4 aromatic rings. The number of nitrogens with zero attached hydrogens (tertiary/aromatic N) is 4. The number of anilines is 1. The minimum Gasteiger partial charge on any atom is -0.493 e. The Hall–Kier alpha value is -4.00. The standard InChI is InChI=1S/C21H17N5O2/c1-28-18-14-26(17-10-6-3-7-11-17)25-19(18)21(27)24-16-12-22-20(23-13-16)15-8-4-2-5-9-15/h2-14H,1H3,(H,24,27). The number of para-hydroxylation sites is 1. The van der Waals surface area contributed by atoms with E-state index >= 15 is 0 Å². The van der Waals surface area contributed by atoms with Gasteiger partial charge in [0.1, 0.15) is 0 Å². The van der Waals surface area contributed by atoms with Crippen molar-refractivity contribution in [3.8, 4) is 22.8 Å². The molecule has 0 atom stereocenters. The van der Waals surface area contributed by atoms with E-state index in [1.54, 1.807) is 23.3 Å². The number of nitrogens with one attached hydrogen (secondary N) is 1. The van der Waals surface area contributed by atoms with Crippen molar-refractivity contribution in [1.29, 1.82) is 0 Å². The molecule has 0 aliphatic rings. The number of methoxy groups -OCH3 is 1. The molecule has 0 spiro atoms. The zero-order valence-electron chi connectivity index (χ0n) is 15.1. The maximum atomic E-state index is 12.7. The van der Waals surface area contributed by atoms with Gasteiger partial charge in [0.15, 0.2) is 17.3 Å². The van der Waals surface area contributed by atoms with Gasteiger partial charge in [0.05, 0.1) is 37.1 Å². The van der Waals surface area contributed by atoms with Crippen molar-refractivity contribution >= 4 is 11.6 Å². The molecule has 0 saturated heterocycles. The van der Waals surface area contributed by atoms with E-state index in [0.29, 0.717) is 17.3 Å². The van der Waals surface area contributed by atoms with E-state index in [2.05, 4.69) is 20.4 Å². The first kappa shape index (κ1) is 17.4. The molecule has 0 fully saturated rings. The molecule has 0 aliphatic heterocycles. The van der Waals surface area contributed by atoms with E-state index in [-0.39, 0.29) is 5.69 Å². The van der Waals surface area contributed by atoms with Crippen molar-refractivity contribution in [3.05, 3.63) is 84.9 Å². The number of aromatic nitrogens is 4. The van der Waals surface area contributed by atoms with Crippen molar-refractivity contribution in [1.82, 2.24) is 19.7 Å². The van der Waals surface area contributed by atoms with Crippen LogP contribution in [-0.2, 0) is 0 Å². The summed E-state index contributed by atoms with van der Waals surface area (Å²) in [5, 5.41) is 7.11. The van der Waals surface area contributed by atoms with Crippen LogP contribution in [0, 0.1) is 0 Å². The Bertz CT molecular complexity index is 1080. The molecule has 2 aromatic heterocycles. The summed E-state index contributed by atoms with van der Waals surface area (Å²) in [6, 6.07) is 19.1. The fourth-order valence-corrected chi connectivity index (χ4v) is 2.70. The Labute approximate surface area is 161 Å². The van der Waals surface area contributed by atoms with E-state index in [0.717, 1.165) is 11.3 Å². The number of hydrogen-bond donors (Lipinski definition) is 1. The van der Waals surface area contributed by atoms with E-state index in [4.69, 9.17) is 4.74 Å². The average Bonchev–Trinajstić information content (AvgIpc) is 3.20. The number of ether oxygens (including phenoxy) is 1. The third-order valence-corrected chi connectivity index (χ3v) is 4.08. The summed E-state index contributed by atoms with van der Waals surface area (Å²) in [6.07, 6.45) is 4.79. The first-order valence-corrected chi connectivity index (χ1v) is 8.62. The van der Waals surface area contributed by atoms with Crippen molar-refractivity contribution < 1.29 is 9.53 Å². The molecular weight excluding hydrogens is 354 g/mol. The normalized spacial score (nSPS) is 10.5. The SMILES string of the molecule is COc1cn(-c2ccccc2)nc1C(=O)Nc1cnc(-c2ccccc2)nc1. The maximum absolute atomic E-state index is 12.7. The highest BCUT2D eigenvalue weighted by molar-refractivity contribution is 6.04. The molecule has 28 heavy (non-hydrogen) atoms. The Morgan fingerprint density at radius 1 is 0.964 bits per heavy atom. The predicted octanol–water partition coefficient (Wildman–Crippen LogP) is 3.59. The summed E-state index contributed by atoms with van der Waals surface area (Å²) in [7, 11) is 1.50. The van der Waals surface area contributed by atoms with Crippen molar-refractivity contribution in [3.63, 3.8) is 0 Å². The smallest absolute Gasteiger partial charge is 0.280 e. The number of carbonyl (C=O) groups is 1. The molecule has 2 heterocycles. The second kappa shape index (κ2) is 7.71. The zero-order valence-corrected chi connectivity index (χ0v) is 15.1. The van der Waals surface area contributed by atoms with E-state index in [9.17, 15) is 4.79 Å². The van der Waals surface area contributed by atoms with Crippen LogP contribution in [-0.4, -0.2) is 32.8 Å². The molecule has 4 rings (SSSR count). The Balaban J connectivity index is 1.54. The van der Waals surface area contributed by atoms with Crippen LogP contribution in [0.2, 0.25) is 0 Å². The predicted molar refractivity (Wildman–Crippen MR) is 106 cm³/mol. The molecule has 7 nitrogen and oxygen atoms in total. The highest BCUT2D eigenvalue weighted by Crippen LogP contribution is 2.21. The van der Waals surface area contributed by atoms with Gasteiger partial charge in [0, 0.05) is 5.56 Å². The van der Waals surface area contributed by atoms with Gasteiger partial charge < -0.3 is 10.1 Å². The lowest BCUT2D eigenvalue weighted by Crippen LogP contribution is -2.14. The lowest BCUT2D eigenvalue weighted by atomic mass is 10.2. The number of hydrogen-bond acceptors (Lipinski definition) is 5. The molecule has 0 bridgehead atoms. The van der Waals surface area contributed by atoms with Crippen LogP contribution in [0.15, 0.2) is 79.3 Å². The number of amides is 1. The summed E-state index contributed by atoms with van der Waals surface area (Å²) in [5.74, 6) is 0.565. The van der Waals surface area contributed by atoms with Gasteiger partial charge in [-0.15, -0.1) is 0 Å². The molecule has 1 amide bonds. The molecule has 0 aliphatic carbocycles. The van der Waals surface area contributed by atoms with Crippen LogP contribution < -0.4 is 10.1 Å². The highest BCUT2D eigenvalue weighted by Gasteiger charge is 2.19. The third-order valence-electron chi connectivity index (χ3n) is 4.08. The van der Waals surface area contributed by atoms with Gasteiger partial charge in [0.25, 0.3) is 5.91 Å². The average molecular weight is 371 g/mol. The minimum absolute atomic E-state index is 0.179. The second-order valence-corrected chi connectivity index (χ2v) is 5.94. The number of carbonyl (C=O) groups excluding carboxylic acids is 1. The van der Waals surface area contributed by atoms with Crippen LogP contribution in [0.5, 0.6) is 5.75 Å². The summed E-state index contributed by atoms with van der Waals surface area (Å²) in [4.78, 5) is 21.3. The Morgan fingerprint density at radius 3 is 2.25 bits per heavy atom. The molecule has 1 N–H and O–H groups in total. The van der Waals surface area contributed by atoms with Crippen LogP contribution in [0.4, 0.5) is 5.69 Å². The molecule has 138 valence electrons. The summed E-state index contributed by atoms with van der Waals surface area (Å²) < 4.78 is 6.91. The van der Waals surface area contributed by atoms with Crippen molar-refractivity contribution in [2.24, 2.45) is 0 Å². The molecular formula is C21H17N5O2. The van der Waals surface area contributed by atoms with Gasteiger partial charge in [-0.2, -0.15) is 5.10 Å². The summed E-state index contributed by atoms with van der Waals surface area (Å²) >= 11 is 0. The Morgan fingerprint density at radius 2 is 1.61 bits per heavy atom. The zero-order chi connectivity index (χ0) is 19.3. The first-order valence-electron chi connectivity index (χ1n) is 8.62. The van der Waals surface area contributed by atoms with Gasteiger partial charge >= 0.3 is 0 Å². The van der Waals surface area contributed by atoms with Crippen LogP contribution >= 0.6 is 0 Å². The summed E-state index contributed by atoms with van der Waals surface area (Å²) in [5.41, 5.74) is 2.39. The lowest BCUT2D eigenvalue weighted by Gasteiger charge is -2.05. The first-order chi connectivity index (χ1) is 13.7. The van der Waals surface area contributed by atoms with Gasteiger partial charge in [-0.1, -0.05) is 48.5 Å². The fourth-order valence-electron chi connectivity index (χ4n) is 2.70. The van der Waals surface area contributed by atoms with Gasteiger partial charge in [0.2, 0.25) is 0 Å². The van der Waals surface area contributed by atoms with Crippen molar-refractivity contribution in [2.75, 3.05) is 12.4 Å². The van der Waals surface area contributed by atoms with Gasteiger partial charge in [-0.3, -0.25) is 4.79 Å². The molecule has 0 saturated carbocycles. The number of rotatable bonds is 5. The van der Waals surface area contributed by atoms with Crippen LogP contribution in [0.25, 0.3) is 17.1 Å². The highest BCUT2D eigenvalue weighted by atomic mass is 16.5. The third kappa shape index (κ3) is 3.59. The van der Waals surface area contributed by atoms with Gasteiger partial charge in [-0.05, 0) is 12.1 Å². The topological polar surface area (TPSA) is 81.9 Å². The molecule has 0 radical (unpaired) electrons. The summed E-state index contributed by atoms with van der Waals surface area (Å²) in [6.45, 7) is 0. The van der Waals surface area contributed by atoms with E-state index < -0.39 is 5.91 Å². The number of benzene rings is 2. The quantitative estimate of drug-likeness (QED) is 0.580. The molecule has 0 unspecified atom stereocenters. The van der Waals surface area contributed by atoms with Gasteiger partial charge in [-0.25, -0.2) is 14.6 Å². The maximum Gasteiger partial charge on any atom is 0.280 e. The van der Waals surface area contributed by atoms with Crippen LogP contribution in [0.1, 0.15) is 10.5 Å². The second-order valence-electron chi connectivity index (χ2n) is 5.94. The molecule has 2 aromatic carbocycles. The molecule has 7 heteroatoms. The monoisotopic (exact) mass is 371 g/mol. The lowest BCUT2D eigenvalue weighted by molar-refractivity contribution is 0.101. The fraction of sp³-hybridized carbons (Fsp3) is 0.0476.